The number of benzene rings is 1. The molecular weight excluding hydrogens is 308 g/mol. The van der Waals surface area contributed by atoms with Gasteiger partial charge in [-0.3, -0.25) is 0 Å². The number of primary sulfonamides is 1. The van der Waals surface area contributed by atoms with Crippen LogP contribution in [0.4, 0.5) is 0 Å². The Labute approximate surface area is 95.9 Å². The summed E-state index contributed by atoms with van der Waals surface area (Å²) in [6, 6.07) is 4.72. The van der Waals surface area contributed by atoms with Gasteiger partial charge in [0, 0.05) is 16.1 Å². The fourth-order valence-corrected chi connectivity index (χ4v) is 2.69. The van der Waals surface area contributed by atoms with Gasteiger partial charge in [0.1, 0.15) is 0 Å². The third kappa shape index (κ3) is 2.98. The van der Waals surface area contributed by atoms with E-state index in [4.69, 9.17) is 5.14 Å². The largest absolute Gasteiger partial charge is 0.250 e. The van der Waals surface area contributed by atoms with Gasteiger partial charge in [0.25, 0.3) is 0 Å². The first-order valence-corrected chi connectivity index (χ1v) is 7.35. The monoisotopic (exact) mass is 314 g/mol. The molecule has 0 bridgehead atoms. The van der Waals surface area contributed by atoms with Crippen LogP contribution >= 0.6 is 16.1 Å². The van der Waals surface area contributed by atoms with Gasteiger partial charge in [0.05, 0.1) is 9.79 Å². The van der Waals surface area contributed by atoms with Crippen molar-refractivity contribution >= 4 is 36.2 Å². The summed E-state index contributed by atoms with van der Waals surface area (Å²) >= 11 is 2.56. The number of hydrogen-bond donors (Lipinski definition) is 2. The number of nitrogens with two attached hydrogens (primary N) is 1. The summed E-state index contributed by atoms with van der Waals surface area (Å²) in [4.78, 5) is -0.447. The Balaban J connectivity index is 3.39. The molecule has 0 aliphatic heterocycles. The molecule has 6 nitrogen and oxygen atoms in total. The summed E-state index contributed by atoms with van der Waals surface area (Å²) in [7, 11) is -7.64. The van der Waals surface area contributed by atoms with Crippen molar-refractivity contribution in [3.8, 4) is 0 Å². The van der Waals surface area contributed by atoms with Crippen LogP contribution in [-0.2, 0) is 20.0 Å². The molecule has 0 spiro atoms. The first kappa shape index (κ1) is 12.6. The minimum absolute atomic E-state index is 0.189. The van der Waals surface area contributed by atoms with Crippen molar-refractivity contribution < 1.29 is 16.8 Å². The van der Waals surface area contributed by atoms with Gasteiger partial charge in [-0.25, -0.2) is 22.0 Å². The molecule has 0 aliphatic rings. The fourth-order valence-electron chi connectivity index (χ4n) is 0.863. The average molecular weight is 315 g/mol. The van der Waals surface area contributed by atoms with E-state index in [-0.39, 0.29) is 9.79 Å². The van der Waals surface area contributed by atoms with Gasteiger partial charge >= 0.3 is 0 Å². The Hall–Kier alpha value is -0.480. The van der Waals surface area contributed by atoms with E-state index in [0.717, 1.165) is 6.07 Å². The lowest BCUT2D eigenvalue weighted by Gasteiger charge is -2.02. The van der Waals surface area contributed by atoms with Crippen molar-refractivity contribution in [1.82, 2.24) is 3.75 Å². The molecule has 84 valence electrons. The van der Waals surface area contributed by atoms with Gasteiger partial charge in [0.15, 0.2) is 0 Å². The van der Waals surface area contributed by atoms with Gasteiger partial charge in [0.2, 0.25) is 20.0 Å². The summed E-state index contributed by atoms with van der Waals surface area (Å²) < 4.78 is 46.4. The molecule has 1 rings (SSSR count). The highest BCUT2D eigenvalue weighted by atomic mass is 79.9. The van der Waals surface area contributed by atoms with Gasteiger partial charge in [-0.15, -0.1) is 3.75 Å². The van der Waals surface area contributed by atoms with Crippen LogP contribution in [0.1, 0.15) is 0 Å². The molecule has 0 amide bonds. The molecular formula is C6H7BrN2O4S2. The molecule has 0 fully saturated rings. The quantitative estimate of drug-likeness (QED) is 0.761. The SMILES string of the molecule is NS(=O)(=O)c1cccc(S(=O)(=O)NBr)c1. The summed E-state index contributed by atoms with van der Waals surface area (Å²) in [5.74, 6) is 0. The predicted octanol–water partition coefficient (Wildman–Crippen LogP) is -0.0778. The topological polar surface area (TPSA) is 106 Å². The lowest BCUT2D eigenvalue weighted by atomic mass is 10.4. The van der Waals surface area contributed by atoms with Crippen molar-refractivity contribution in [2.45, 2.75) is 9.79 Å². The first-order chi connectivity index (χ1) is 6.77. The van der Waals surface area contributed by atoms with Crippen molar-refractivity contribution in [1.29, 1.82) is 0 Å². The number of rotatable bonds is 3. The van der Waals surface area contributed by atoms with E-state index in [2.05, 4.69) is 16.1 Å². The van der Waals surface area contributed by atoms with Crippen LogP contribution < -0.4 is 8.89 Å². The van der Waals surface area contributed by atoms with E-state index in [0.29, 0.717) is 0 Å². The first-order valence-electron chi connectivity index (χ1n) is 3.53. The normalized spacial score (nSPS) is 12.7. The fraction of sp³-hybridized carbons (Fsp3) is 0. The Bertz CT molecular complexity index is 567. The van der Waals surface area contributed by atoms with Crippen LogP contribution in [-0.4, -0.2) is 16.8 Å². The van der Waals surface area contributed by atoms with E-state index in [1.807, 2.05) is 3.75 Å². The van der Waals surface area contributed by atoms with Crippen LogP contribution in [0.3, 0.4) is 0 Å². The number of hydrogen-bond acceptors (Lipinski definition) is 4. The van der Waals surface area contributed by atoms with E-state index in [1.165, 1.54) is 18.2 Å². The Morgan fingerprint density at radius 3 is 2.13 bits per heavy atom. The third-order valence-corrected chi connectivity index (χ3v) is 4.81. The third-order valence-electron chi connectivity index (χ3n) is 1.55. The number of nitrogens with one attached hydrogen (secondary N) is 1. The highest BCUT2D eigenvalue weighted by Crippen LogP contribution is 2.14. The lowest BCUT2D eigenvalue weighted by molar-refractivity contribution is 0.594. The molecule has 0 aliphatic carbocycles. The van der Waals surface area contributed by atoms with E-state index < -0.39 is 20.0 Å². The molecule has 0 aromatic heterocycles. The maximum Gasteiger partial charge on any atom is 0.250 e. The highest BCUT2D eigenvalue weighted by molar-refractivity contribution is 9.09. The van der Waals surface area contributed by atoms with Crippen molar-refractivity contribution in [3.63, 3.8) is 0 Å². The molecule has 0 unspecified atom stereocenters. The zero-order valence-corrected chi connectivity index (χ0v) is 10.4. The summed E-state index contributed by atoms with van der Waals surface area (Å²) in [6.07, 6.45) is 0. The molecule has 9 heteroatoms. The number of sulfonamides is 2. The minimum Gasteiger partial charge on any atom is -0.225 e. The van der Waals surface area contributed by atoms with Crippen molar-refractivity contribution in [2.75, 3.05) is 0 Å². The molecule has 0 radical (unpaired) electrons. The van der Waals surface area contributed by atoms with Crippen LogP contribution in [0, 0.1) is 0 Å². The second-order valence-corrected chi connectivity index (χ2v) is 6.77. The van der Waals surface area contributed by atoms with Gasteiger partial charge in [-0.05, 0) is 18.2 Å². The molecule has 0 saturated heterocycles. The lowest BCUT2D eigenvalue weighted by Crippen LogP contribution is -2.16. The molecule has 0 atom stereocenters. The average Bonchev–Trinajstić information content (AvgIpc) is 2.17. The van der Waals surface area contributed by atoms with E-state index >= 15 is 0 Å². The maximum absolute atomic E-state index is 11.3. The van der Waals surface area contributed by atoms with Gasteiger partial charge in [-0.1, -0.05) is 6.07 Å². The standard InChI is InChI=1S/C6H7BrN2O4S2/c7-9-15(12,13)6-3-1-2-5(4-6)14(8,10)11/h1-4,9H,(H2,8,10,11). The second-order valence-electron chi connectivity index (χ2n) is 2.60. The molecule has 1 aromatic carbocycles. The molecule has 1 aromatic rings. The minimum atomic E-state index is -3.90. The molecule has 0 saturated carbocycles. The molecule has 15 heavy (non-hydrogen) atoms. The van der Waals surface area contributed by atoms with Crippen LogP contribution in [0.15, 0.2) is 34.1 Å². The smallest absolute Gasteiger partial charge is 0.225 e. The summed E-state index contributed by atoms with van der Waals surface area (Å²) in [5.41, 5.74) is 0. The highest BCUT2D eigenvalue weighted by Gasteiger charge is 2.15. The van der Waals surface area contributed by atoms with Crippen molar-refractivity contribution in [2.24, 2.45) is 5.14 Å². The van der Waals surface area contributed by atoms with Crippen molar-refractivity contribution in [3.05, 3.63) is 24.3 Å². The predicted molar refractivity (Wildman–Crippen MR) is 57.1 cm³/mol. The Morgan fingerprint density at radius 1 is 1.13 bits per heavy atom. The van der Waals surface area contributed by atoms with Gasteiger partial charge < -0.3 is 0 Å². The zero-order chi connectivity index (χ0) is 11.7. The molecule has 0 heterocycles. The summed E-state index contributed by atoms with van der Waals surface area (Å²) in [5, 5.41) is 4.86. The maximum atomic E-state index is 11.3. The van der Waals surface area contributed by atoms with Crippen LogP contribution in [0.25, 0.3) is 0 Å². The van der Waals surface area contributed by atoms with E-state index in [9.17, 15) is 16.8 Å². The molecule has 3 N–H and O–H groups in total. The van der Waals surface area contributed by atoms with Crippen LogP contribution in [0.5, 0.6) is 0 Å². The Morgan fingerprint density at radius 2 is 1.67 bits per heavy atom. The number of halogens is 1. The van der Waals surface area contributed by atoms with Crippen LogP contribution in [0.2, 0.25) is 0 Å². The van der Waals surface area contributed by atoms with Gasteiger partial charge in [-0.2, -0.15) is 0 Å². The Kier molecular flexibility index (Phi) is 3.51. The summed E-state index contributed by atoms with van der Waals surface area (Å²) in [6.45, 7) is 0. The second kappa shape index (κ2) is 4.18. The van der Waals surface area contributed by atoms with E-state index in [1.54, 1.807) is 0 Å². The zero-order valence-electron chi connectivity index (χ0n) is 7.21.